The van der Waals surface area contributed by atoms with E-state index < -0.39 is 10.0 Å². The molecule has 1 aliphatic carbocycles. The van der Waals surface area contributed by atoms with E-state index in [4.69, 9.17) is 0 Å². The van der Waals surface area contributed by atoms with Crippen LogP contribution in [0.5, 0.6) is 0 Å². The van der Waals surface area contributed by atoms with Gasteiger partial charge < -0.3 is 5.32 Å². The van der Waals surface area contributed by atoms with Gasteiger partial charge in [-0.1, -0.05) is 6.07 Å². The first-order chi connectivity index (χ1) is 14.3. The summed E-state index contributed by atoms with van der Waals surface area (Å²) in [6.45, 7) is 5.58. The number of aromatic nitrogens is 2. The van der Waals surface area contributed by atoms with Crippen LogP contribution in [0.4, 0.5) is 0 Å². The first-order valence-corrected chi connectivity index (χ1v) is 12.2. The fourth-order valence-corrected chi connectivity index (χ4v) is 4.99. The molecule has 2 aromatic rings. The molecule has 1 aromatic heterocycles. The molecule has 1 aliphatic rings. The predicted octanol–water partition coefficient (Wildman–Crippen LogP) is 2.64. The first-order valence-electron chi connectivity index (χ1n) is 10.7. The molecule has 1 aromatic carbocycles. The molecule has 3 rings (SSSR count). The normalized spacial score (nSPS) is 13.8. The molecule has 2 N–H and O–H groups in total. The van der Waals surface area contributed by atoms with Crippen LogP contribution in [-0.4, -0.2) is 37.2 Å². The van der Waals surface area contributed by atoms with Gasteiger partial charge in [0, 0.05) is 31.7 Å². The molecular formula is C22H32N4O3S. The summed E-state index contributed by atoms with van der Waals surface area (Å²) in [5.74, 6) is -0.0589. The predicted molar refractivity (Wildman–Crippen MR) is 117 cm³/mol. The van der Waals surface area contributed by atoms with Crippen molar-refractivity contribution in [2.45, 2.75) is 70.2 Å². The van der Waals surface area contributed by atoms with Crippen LogP contribution in [0, 0.1) is 13.8 Å². The number of carbonyl (C=O) groups excluding carboxylic acids is 1. The Morgan fingerprint density at radius 2 is 1.83 bits per heavy atom. The van der Waals surface area contributed by atoms with Crippen molar-refractivity contribution in [2.75, 3.05) is 13.1 Å². The van der Waals surface area contributed by atoms with E-state index in [-0.39, 0.29) is 12.5 Å². The molecule has 0 bridgehead atoms. The van der Waals surface area contributed by atoms with Crippen molar-refractivity contribution < 1.29 is 13.2 Å². The SMILES string of the molecule is Cc1cc(C)n(CCCNC(=O)CCCNS(=O)(=O)c2ccc3c(c2)CCCC3)n1. The Kier molecular flexibility index (Phi) is 7.66. The van der Waals surface area contributed by atoms with Crippen LogP contribution in [0.2, 0.25) is 0 Å². The first kappa shape index (κ1) is 22.5. The maximum Gasteiger partial charge on any atom is 0.240 e. The Labute approximate surface area is 179 Å². The summed E-state index contributed by atoms with van der Waals surface area (Å²) in [6, 6.07) is 7.45. The fourth-order valence-electron chi connectivity index (χ4n) is 3.86. The van der Waals surface area contributed by atoms with Crippen molar-refractivity contribution in [3.63, 3.8) is 0 Å². The molecule has 0 spiro atoms. The molecule has 164 valence electrons. The molecule has 0 unspecified atom stereocenters. The molecule has 0 fully saturated rings. The van der Waals surface area contributed by atoms with E-state index in [9.17, 15) is 13.2 Å². The molecular weight excluding hydrogens is 400 g/mol. The van der Waals surface area contributed by atoms with E-state index in [1.54, 1.807) is 12.1 Å². The van der Waals surface area contributed by atoms with Gasteiger partial charge in [-0.15, -0.1) is 0 Å². The molecule has 0 radical (unpaired) electrons. The molecule has 30 heavy (non-hydrogen) atoms. The highest BCUT2D eigenvalue weighted by molar-refractivity contribution is 7.89. The molecule has 8 heteroatoms. The number of amides is 1. The van der Waals surface area contributed by atoms with Crippen molar-refractivity contribution in [3.8, 4) is 0 Å². The Morgan fingerprint density at radius 3 is 2.57 bits per heavy atom. The van der Waals surface area contributed by atoms with Crippen molar-refractivity contribution in [1.82, 2.24) is 19.8 Å². The topological polar surface area (TPSA) is 93.1 Å². The number of nitrogens with one attached hydrogen (secondary N) is 2. The van der Waals surface area contributed by atoms with Gasteiger partial charge in [0.1, 0.15) is 0 Å². The van der Waals surface area contributed by atoms with Gasteiger partial charge in [-0.05, 0) is 81.7 Å². The van der Waals surface area contributed by atoms with Gasteiger partial charge in [-0.2, -0.15) is 5.10 Å². The molecule has 1 heterocycles. The summed E-state index contributed by atoms with van der Waals surface area (Å²) in [4.78, 5) is 12.3. The van der Waals surface area contributed by atoms with Crippen molar-refractivity contribution >= 4 is 15.9 Å². The largest absolute Gasteiger partial charge is 0.356 e. The van der Waals surface area contributed by atoms with E-state index in [0.29, 0.717) is 24.3 Å². The second-order valence-corrected chi connectivity index (χ2v) is 9.76. The number of nitrogens with zero attached hydrogens (tertiary/aromatic N) is 2. The van der Waals surface area contributed by atoms with Gasteiger partial charge in [0.2, 0.25) is 15.9 Å². The summed E-state index contributed by atoms with van der Waals surface area (Å²) in [5.41, 5.74) is 4.51. The summed E-state index contributed by atoms with van der Waals surface area (Å²) in [7, 11) is -3.54. The average Bonchev–Trinajstić information content (AvgIpc) is 3.05. The third kappa shape index (κ3) is 6.15. The van der Waals surface area contributed by atoms with E-state index in [0.717, 1.165) is 49.2 Å². The van der Waals surface area contributed by atoms with Crippen LogP contribution in [0.3, 0.4) is 0 Å². The Hall–Kier alpha value is -2.19. The van der Waals surface area contributed by atoms with Gasteiger partial charge in [-0.25, -0.2) is 13.1 Å². The zero-order valence-corrected chi connectivity index (χ0v) is 18.7. The van der Waals surface area contributed by atoms with E-state index in [1.807, 2.05) is 30.7 Å². The Bertz CT molecular complexity index is 982. The van der Waals surface area contributed by atoms with Crippen molar-refractivity contribution in [1.29, 1.82) is 0 Å². The molecule has 0 atom stereocenters. The van der Waals surface area contributed by atoms with Gasteiger partial charge in [-0.3, -0.25) is 9.48 Å². The Morgan fingerprint density at radius 1 is 1.07 bits per heavy atom. The second kappa shape index (κ2) is 10.2. The average molecular weight is 433 g/mol. The number of benzene rings is 1. The molecule has 0 aliphatic heterocycles. The summed E-state index contributed by atoms with van der Waals surface area (Å²) in [6.07, 6.45) is 5.82. The van der Waals surface area contributed by atoms with Gasteiger partial charge in [0.25, 0.3) is 0 Å². The van der Waals surface area contributed by atoms with Crippen molar-refractivity contribution in [3.05, 3.63) is 46.8 Å². The van der Waals surface area contributed by atoms with Crippen LogP contribution < -0.4 is 10.0 Å². The molecule has 0 saturated carbocycles. The smallest absolute Gasteiger partial charge is 0.240 e. The molecule has 7 nitrogen and oxygen atoms in total. The van der Waals surface area contributed by atoms with Crippen molar-refractivity contribution in [2.24, 2.45) is 0 Å². The number of hydrogen-bond acceptors (Lipinski definition) is 4. The van der Waals surface area contributed by atoms with Crippen LogP contribution in [-0.2, 0) is 34.2 Å². The third-order valence-electron chi connectivity index (χ3n) is 5.48. The number of sulfonamides is 1. The summed E-state index contributed by atoms with van der Waals surface area (Å²) in [5, 5.41) is 7.28. The van der Waals surface area contributed by atoms with E-state index in [2.05, 4.69) is 15.1 Å². The van der Waals surface area contributed by atoms with E-state index in [1.165, 1.54) is 12.0 Å². The minimum atomic E-state index is -3.54. The number of carbonyl (C=O) groups is 1. The lowest BCUT2D eigenvalue weighted by atomic mass is 9.92. The van der Waals surface area contributed by atoms with Crippen LogP contribution in [0.1, 0.15) is 54.6 Å². The number of rotatable bonds is 10. The highest BCUT2D eigenvalue weighted by Gasteiger charge is 2.17. The highest BCUT2D eigenvalue weighted by atomic mass is 32.2. The number of fused-ring (bicyclic) bond motifs is 1. The molecule has 1 amide bonds. The van der Waals surface area contributed by atoms with Gasteiger partial charge in [0.15, 0.2) is 0 Å². The Balaban J connectivity index is 1.34. The van der Waals surface area contributed by atoms with Crippen LogP contribution in [0.25, 0.3) is 0 Å². The monoisotopic (exact) mass is 432 g/mol. The lowest BCUT2D eigenvalue weighted by Gasteiger charge is -2.16. The lowest BCUT2D eigenvalue weighted by Crippen LogP contribution is -2.28. The number of aryl methyl sites for hydroxylation is 5. The van der Waals surface area contributed by atoms with Gasteiger partial charge >= 0.3 is 0 Å². The maximum absolute atomic E-state index is 12.5. The zero-order valence-electron chi connectivity index (χ0n) is 17.9. The standard InChI is InChI=1S/C22H32N4O3S/c1-17-15-18(2)26(25-17)14-6-12-23-22(27)9-5-13-24-30(28,29)21-11-10-19-7-3-4-8-20(19)16-21/h10-11,15-16,24H,3-9,12-14H2,1-2H3,(H,23,27). The highest BCUT2D eigenvalue weighted by Crippen LogP contribution is 2.24. The maximum atomic E-state index is 12.5. The van der Waals surface area contributed by atoms with Crippen LogP contribution in [0.15, 0.2) is 29.2 Å². The number of hydrogen-bond donors (Lipinski definition) is 2. The molecule has 0 saturated heterocycles. The zero-order chi connectivity index (χ0) is 21.6. The van der Waals surface area contributed by atoms with Crippen LogP contribution >= 0.6 is 0 Å². The third-order valence-corrected chi connectivity index (χ3v) is 6.93. The fraction of sp³-hybridized carbons (Fsp3) is 0.545. The summed E-state index contributed by atoms with van der Waals surface area (Å²) < 4.78 is 29.6. The summed E-state index contributed by atoms with van der Waals surface area (Å²) >= 11 is 0. The minimum absolute atomic E-state index is 0.0589. The second-order valence-electron chi connectivity index (χ2n) is 7.99. The van der Waals surface area contributed by atoms with Gasteiger partial charge in [0.05, 0.1) is 10.6 Å². The van der Waals surface area contributed by atoms with E-state index >= 15 is 0 Å². The quantitative estimate of drug-likeness (QED) is 0.565. The minimum Gasteiger partial charge on any atom is -0.356 e. The lowest BCUT2D eigenvalue weighted by molar-refractivity contribution is -0.121.